The van der Waals surface area contributed by atoms with Gasteiger partial charge in [0.05, 0.1) is 6.67 Å². The lowest BCUT2D eigenvalue weighted by molar-refractivity contribution is -0.120. The highest BCUT2D eigenvalue weighted by molar-refractivity contribution is 7.79. The molecular formula is C15H22Cl4N6O10S3. The lowest BCUT2D eigenvalue weighted by Gasteiger charge is -2.10. The van der Waals surface area contributed by atoms with Crippen molar-refractivity contribution in [1.82, 2.24) is 23.9 Å². The van der Waals surface area contributed by atoms with Crippen molar-refractivity contribution in [1.29, 1.82) is 0 Å². The molecule has 7 N–H and O–H groups in total. The second kappa shape index (κ2) is 22.0. The van der Waals surface area contributed by atoms with Gasteiger partial charge >= 0.3 is 10.4 Å². The maximum Gasteiger partial charge on any atom is 0.394 e. The van der Waals surface area contributed by atoms with Crippen molar-refractivity contribution < 1.29 is 46.9 Å². The first-order valence-electron chi connectivity index (χ1n) is 8.75. The van der Waals surface area contributed by atoms with Crippen molar-refractivity contribution in [2.45, 2.75) is 0 Å². The van der Waals surface area contributed by atoms with Crippen LogP contribution >= 0.6 is 69.5 Å². The number of aliphatic hydroxyl groups is 2. The minimum Gasteiger partial charge on any atom is -0.400 e. The van der Waals surface area contributed by atoms with E-state index >= 15 is 0 Å². The molecule has 2 heterocycles. The molecule has 2 aromatic heterocycles. The number of hydrogen-bond donors (Lipinski definition) is 6. The number of aliphatic hydroxyl groups excluding tert-OH is 2. The Labute approximate surface area is 244 Å². The Hall–Kier alpha value is -1.91. The average Bonchev–Trinajstić information content (AvgIpc) is 3.38. The fraction of sp³-hybridized carbons (Fsp3) is 0.333. The summed E-state index contributed by atoms with van der Waals surface area (Å²) >= 11 is 24.1. The molecule has 0 fully saturated rings. The van der Waals surface area contributed by atoms with Crippen molar-refractivity contribution in [3.63, 3.8) is 0 Å². The van der Waals surface area contributed by atoms with E-state index in [1.54, 1.807) is 0 Å². The number of carbonyl (C=O) groups excluding carboxylic acids is 4. The quantitative estimate of drug-likeness (QED) is 0.134. The monoisotopic (exact) mass is 682 g/mol. The van der Waals surface area contributed by atoms with Crippen molar-refractivity contribution in [3.8, 4) is 0 Å². The van der Waals surface area contributed by atoms with Crippen LogP contribution < -0.4 is 11.1 Å². The Balaban J connectivity index is -0.000000460. The number of amides is 4. The topological polar surface area (TPSA) is 254 Å². The van der Waals surface area contributed by atoms with Gasteiger partial charge in [0.2, 0.25) is 12.8 Å². The molecule has 0 bridgehead atoms. The molecule has 0 atom stereocenters. The minimum atomic E-state index is -4.67. The highest BCUT2D eigenvalue weighted by Gasteiger charge is 2.17. The number of primary amides is 1. The van der Waals surface area contributed by atoms with Gasteiger partial charge in [0, 0.05) is 21.2 Å². The number of nitrogens with zero attached hydrogens (tertiary/aromatic N) is 4. The number of hydrogen-bond acceptors (Lipinski definition) is 12. The first kappa shape index (κ1) is 40.6. The number of nitrogens with two attached hydrogens (primary N) is 1. The molecule has 16 nitrogen and oxygen atoms in total. The normalized spacial score (nSPS) is 9.34. The molecule has 4 amide bonds. The standard InChI is InChI=1S/C7H7Cl2N3O2S.C4H2Cl2N2OS.C3H7NO2.CH4O.H2O4S/c1-12(3-13)2-10-7(14)5-4(8)6(9)11-15-5;5-1-2(4(7)9)10-8-3(1)6;1-4(2-5)3-6;1-2;1-5(2,3)4/h3H,2H2,1H3,(H,10,14);(H2,7,9);2,6H,3H2,1H3;2H,1H3;(H2,1,2,3,4). The maximum absolute atomic E-state index is 11.5. The summed E-state index contributed by atoms with van der Waals surface area (Å²) in [6.45, 7) is -0.0995. The molecule has 0 aliphatic heterocycles. The molecule has 23 heteroatoms. The third-order valence-corrected chi connectivity index (χ3v) is 6.31. The van der Waals surface area contributed by atoms with E-state index in [4.69, 9.17) is 79.9 Å². The molecular weight excluding hydrogens is 662 g/mol. The van der Waals surface area contributed by atoms with Gasteiger partial charge in [-0.05, 0) is 23.1 Å². The van der Waals surface area contributed by atoms with Crippen LogP contribution in [0.5, 0.6) is 0 Å². The van der Waals surface area contributed by atoms with Gasteiger partial charge in [0.1, 0.15) is 26.5 Å². The largest absolute Gasteiger partial charge is 0.400 e. The van der Waals surface area contributed by atoms with Crippen LogP contribution in [0.2, 0.25) is 20.4 Å². The van der Waals surface area contributed by atoms with Crippen LogP contribution in [0.4, 0.5) is 0 Å². The van der Waals surface area contributed by atoms with E-state index in [1.165, 1.54) is 19.0 Å². The zero-order chi connectivity index (χ0) is 30.6. The molecule has 2 rings (SSSR count). The number of aromatic nitrogens is 2. The van der Waals surface area contributed by atoms with Crippen LogP contribution in [0.15, 0.2) is 0 Å². The molecule has 0 aliphatic carbocycles. The highest BCUT2D eigenvalue weighted by atomic mass is 35.5. The summed E-state index contributed by atoms with van der Waals surface area (Å²) in [5.74, 6) is -1.01. The molecule has 2 aromatic rings. The average molecular weight is 684 g/mol. The van der Waals surface area contributed by atoms with E-state index < -0.39 is 22.2 Å². The Morgan fingerprint density at radius 2 is 1.32 bits per heavy atom. The van der Waals surface area contributed by atoms with Gasteiger partial charge in [-0.15, -0.1) is 0 Å². The zero-order valence-corrected chi connectivity index (χ0v) is 24.9. The summed E-state index contributed by atoms with van der Waals surface area (Å²) in [7, 11) is -0.637. The minimum absolute atomic E-state index is 0.105. The summed E-state index contributed by atoms with van der Waals surface area (Å²) < 4.78 is 38.9. The van der Waals surface area contributed by atoms with Crippen LogP contribution in [-0.4, -0.2) is 106 Å². The van der Waals surface area contributed by atoms with Gasteiger partial charge < -0.3 is 31.1 Å². The second-order valence-electron chi connectivity index (χ2n) is 5.58. The van der Waals surface area contributed by atoms with Gasteiger partial charge in [-0.1, -0.05) is 46.4 Å². The Morgan fingerprint density at radius 3 is 1.53 bits per heavy atom. The summed E-state index contributed by atoms with van der Waals surface area (Å²) in [5.41, 5.74) is 4.92. The fourth-order valence-corrected chi connectivity index (χ4v) is 3.36. The van der Waals surface area contributed by atoms with Crippen LogP contribution in [0.3, 0.4) is 0 Å². The Kier molecular flexibility index (Phi) is 23.5. The van der Waals surface area contributed by atoms with E-state index in [1.807, 2.05) is 0 Å². The van der Waals surface area contributed by atoms with Gasteiger partial charge in [-0.3, -0.25) is 28.3 Å². The number of nitrogens with one attached hydrogen (secondary N) is 1. The molecule has 0 aliphatic rings. The molecule has 0 saturated heterocycles. The number of carbonyl (C=O) groups is 4. The molecule has 38 heavy (non-hydrogen) atoms. The molecule has 218 valence electrons. The van der Waals surface area contributed by atoms with E-state index in [9.17, 15) is 19.2 Å². The second-order valence-corrected chi connectivity index (χ2v) is 9.49. The fourth-order valence-electron chi connectivity index (χ4n) is 1.16. The van der Waals surface area contributed by atoms with E-state index in [-0.39, 0.29) is 43.5 Å². The van der Waals surface area contributed by atoms with Crippen molar-refractivity contribution in [3.05, 3.63) is 30.1 Å². The van der Waals surface area contributed by atoms with Crippen LogP contribution in [0, 0.1) is 0 Å². The smallest absolute Gasteiger partial charge is 0.394 e. The maximum atomic E-state index is 11.5. The molecule has 0 saturated carbocycles. The molecule has 0 radical (unpaired) electrons. The van der Waals surface area contributed by atoms with Crippen molar-refractivity contribution in [2.24, 2.45) is 5.73 Å². The number of rotatable bonds is 7. The van der Waals surface area contributed by atoms with E-state index in [0.717, 1.165) is 35.1 Å². The molecule has 0 spiro atoms. The van der Waals surface area contributed by atoms with Crippen molar-refractivity contribution >= 4 is 105 Å². The summed E-state index contributed by atoms with van der Waals surface area (Å²) in [6, 6.07) is 0. The predicted octanol–water partition coefficient (Wildman–Crippen LogP) is 0.754. The van der Waals surface area contributed by atoms with Crippen molar-refractivity contribution in [2.75, 3.05) is 34.6 Å². The van der Waals surface area contributed by atoms with Crippen LogP contribution in [0.1, 0.15) is 19.3 Å². The first-order chi connectivity index (χ1) is 17.5. The molecule has 0 aromatic carbocycles. The van der Waals surface area contributed by atoms with Crippen LogP contribution in [-0.2, 0) is 20.0 Å². The highest BCUT2D eigenvalue weighted by Crippen LogP contribution is 2.28. The Morgan fingerprint density at radius 1 is 0.947 bits per heavy atom. The third-order valence-electron chi connectivity index (χ3n) is 2.70. The summed E-state index contributed by atoms with van der Waals surface area (Å²) in [5, 5.41) is 18.0. The molecule has 0 unspecified atom stereocenters. The lowest BCUT2D eigenvalue weighted by atomic mass is 10.4. The van der Waals surface area contributed by atoms with E-state index in [0.29, 0.717) is 12.8 Å². The van der Waals surface area contributed by atoms with Crippen LogP contribution in [0.25, 0.3) is 0 Å². The summed E-state index contributed by atoms with van der Waals surface area (Å²) in [6.07, 6.45) is 1.15. The zero-order valence-electron chi connectivity index (χ0n) is 19.4. The third kappa shape index (κ3) is 20.1. The predicted molar refractivity (Wildman–Crippen MR) is 142 cm³/mol. The number of halogens is 4. The van der Waals surface area contributed by atoms with E-state index in [2.05, 4.69) is 14.1 Å². The van der Waals surface area contributed by atoms with Gasteiger partial charge in [-0.25, -0.2) is 0 Å². The SMILES string of the molecule is CN(C=O)CNC(=O)c1snc(Cl)c1Cl.CN(C=O)CO.CO.NC(=O)c1snc(Cl)c1Cl.O=S(=O)(O)O. The first-order valence-corrected chi connectivity index (χ1v) is 13.2. The Bertz CT molecular complexity index is 1110. The van der Waals surface area contributed by atoms with Gasteiger partial charge in [0.25, 0.3) is 11.8 Å². The van der Waals surface area contributed by atoms with Gasteiger partial charge in [-0.2, -0.15) is 17.2 Å². The summed E-state index contributed by atoms with van der Waals surface area (Å²) in [4.78, 5) is 44.5. The lowest BCUT2D eigenvalue weighted by Crippen LogP contribution is -2.34. The van der Waals surface area contributed by atoms with Gasteiger partial charge in [0.15, 0.2) is 10.3 Å².